The molecule has 0 saturated heterocycles. The monoisotopic (exact) mass is 224 g/mol. The number of hydrogen-bond acceptors (Lipinski definition) is 3. The van der Waals surface area contributed by atoms with Crippen molar-refractivity contribution in [1.82, 2.24) is 4.98 Å². The fourth-order valence-corrected chi connectivity index (χ4v) is 1.48. The predicted octanol–water partition coefficient (Wildman–Crippen LogP) is 2.32. The first-order valence-electron chi connectivity index (χ1n) is 4.89. The molecule has 2 rings (SSSR count). The molecule has 0 aliphatic rings. The third-order valence-electron chi connectivity index (χ3n) is 2.31. The van der Waals surface area contributed by atoms with E-state index in [1.165, 1.54) is 12.3 Å². The molecule has 1 N–H and O–H groups in total. The Kier molecular flexibility index (Phi) is 2.84. The number of hydrogen-bond donors (Lipinski definition) is 1. The molecule has 1 heterocycles. The molecule has 0 spiro atoms. The molecule has 0 saturated carbocycles. The van der Waals surface area contributed by atoms with Gasteiger partial charge in [-0.3, -0.25) is 4.98 Å². The lowest BCUT2D eigenvalue weighted by Crippen LogP contribution is -1.97. The molecule has 82 valence electrons. The highest BCUT2D eigenvalue weighted by Crippen LogP contribution is 2.20. The van der Waals surface area contributed by atoms with Crippen molar-refractivity contribution < 1.29 is 9.90 Å². The van der Waals surface area contributed by atoms with Crippen molar-refractivity contribution in [3.63, 3.8) is 0 Å². The van der Waals surface area contributed by atoms with Crippen LogP contribution in [0, 0.1) is 11.3 Å². The maximum Gasteiger partial charge on any atom is 0.337 e. The van der Waals surface area contributed by atoms with Gasteiger partial charge in [-0.2, -0.15) is 5.26 Å². The minimum absolute atomic E-state index is 0.130. The Morgan fingerprint density at radius 3 is 2.76 bits per heavy atom. The number of carboxylic acid groups (broad SMARTS) is 1. The van der Waals surface area contributed by atoms with Crippen molar-refractivity contribution in [3.05, 3.63) is 53.9 Å². The number of nitrogens with zero attached hydrogens (tertiary/aromatic N) is 2. The first-order valence-corrected chi connectivity index (χ1v) is 4.89. The molecule has 0 aliphatic carbocycles. The molecule has 0 amide bonds. The minimum Gasteiger partial charge on any atom is -0.478 e. The summed E-state index contributed by atoms with van der Waals surface area (Å²) in [6.07, 6.45) is 2.86. The van der Waals surface area contributed by atoms with E-state index in [9.17, 15) is 4.79 Å². The molecule has 1 aromatic carbocycles. The summed E-state index contributed by atoms with van der Waals surface area (Å²) in [5.41, 5.74) is 2.12. The fourth-order valence-electron chi connectivity index (χ4n) is 1.48. The molecule has 4 heteroatoms. The molecule has 4 nitrogen and oxygen atoms in total. The highest BCUT2D eigenvalue weighted by atomic mass is 16.4. The Balaban J connectivity index is 2.49. The Hall–Kier alpha value is -2.67. The predicted molar refractivity (Wildman–Crippen MR) is 61.3 cm³/mol. The van der Waals surface area contributed by atoms with Crippen LogP contribution in [0.3, 0.4) is 0 Å². The first-order chi connectivity index (χ1) is 8.20. The van der Waals surface area contributed by atoms with Crippen LogP contribution in [0.15, 0.2) is 42.7 Å². The van der Waals surface area contributed by atoms with Crippen LogP contribution in [-0.4, -0.2) is 16.1 Å². The zero-order valence-corrected chi connectivity index (χ0v) is 8.79. The summed E-state index contributed by atoms with van der Waals surface area (Å²) in [5.74, 6) is -1.02. The van der Waals surface area contributed by atoms with E-state index in [4.69, 9.17) is 10.4 Å². The second-order valence-corrected chi connectivity index (χ2v) is 3.46. The zero-order chi connectivity index (χ0) is 12.3. The topological polar surface area (TPSA) is 74.0 Å². The Morgan fingerprint density at radius 2 is 2.06 bits per heavy atom. The smallest absolute Gasteiger partial charge is 0.337 e. The van der Waals surface area contributed by atoms with Crippen molar-refractivity contribution in [2.24, 2.45) is 0 Å². The van der Waals surface area contributed by atoms with Gasteiger partial charge in [-0.05, 0) is 23.8 Å². The summed E-state index contributed by atoms with van der Waals surface area (Å²) in [5, 5.41) is 17.7. The summed E-state index contributed by atoms with van der Waals surface area (Å²) < 4.78 is 0. The minimum atomic E-state index is -1.02. The Morgan fingerprint density at radius 1 is 1.24 bits per heavy atom. The van der Waals surface area contributed by atoms with Gasteiger partial charge in [-0.25, -0.2) is 4.79 Å². The number of rotatable bonds is 2. The fraction of sp³-hybridized carbons (Fsp3) is 0. The highest BCUT2D eigenvalue weighted by molar-refractivity contribution is 5.88. The zero-order valence-electron chi connectivity index (χ0n) is 8.79. The van der Waals surface area contributed by atoms with Gasteiger partial charge in [0.25, 0.3) is 0 Å². The molecule has 1 aromatic heterocycles. The van der Waals surface area contributed by atoms with Crippen LogP contribution < -0.4 is 0 Å². The second kappa shape index (κ2) is 4.45. The summed E-state index contributed by atoms with van der Waals surface area (Å²) in [4.78, 5) is 14.7. The van der Waals surface area contributed by atoms with Gasteiger partial charge < -0.3 is 5.11 Å². The van der Waals surface area contributed by atoms with Crippen molar-refractivity contribution in [2.45, 2.75) is 0 Å². The van der Waals surface area contributed by atoms with Crippen molar-refractivity contribution in [2.75, 3.05) is 0 Å². The molecule has 0 bridgehead atoms. The summed E-state index contributed by atoms with van der Waals surface area (Å²) in [6.45, 7) is 0. The number of carbonyl (C=O) groups is 1. The molecular formula is C13H8N2O2. The summed E-state index contributed by atoms with van der Waals surface area (Å²) in [6, 6.07) is 10.5. The van der Waals surface area contributed by atoms with E-state index in [0.29, 0.717) is 11.1 Å². The van der Waals surface area contributed by atoms with Crippen LogP contribution in [0.1, 0.15) is 15.9 Å². The van der Waals surface area contributed by atoms with E-state index in [2.05, 4.69) is 4.98 Å². The quantitative estimate of drug-likeness (QED) is 0.849. The number of nitriles is 1. The number of carboxylic acids is 1. The third kappa shape index (κ3) is 2.29. The molecule has 0 aliphatic heterocycles. The lowest BCUT2D eigenvalue weighted by molar-refractivity contribution is 0.0696. The third-order valence-corrected chi connectivity index (χ3v) is 2.31. The van der Waals surface area contributed by atoms with E-state index in [-0.39, 0.29) is 5.56 Å². The Bertz CT molecular complexity index is 615. The van der Waals surface area contributed by atoms with Crippen LogP contribution >= 0.6 is 0 Å². The van der Waals surface area contributed by atoms with E-state index < -0.39 is 5.97 Å². The normalized spacial score (nSPS) is 9.59. The number of aromatic nitrogens is 1. The molecular weight excluding hydrogens is 216 g/mol. The lowest BCUT2D eigenvalue weighted by atomic mass is 10.0. The van der Waals surface area contributed by atoms with Gasteiger partial charge in [0.1, 0.15) is 0 Å². The largest absolute Gasteiger partial charge is 0.478 e. The highest BCUT2D eigenvalue weighted by Gasteiger charge is 2.05. The maximum absolute atomic E-state index is 10.8. The number of benzene rings is 1. The van der Waals surface area contributed by atoms with Crippen LogP contribution in [0.2, 0.25) is 0 Å². The lowest BCUT2D eigenvalue weighted by Gasteiger charge is -2.02. The average Bonchev–Trinajstić information content (AvgIpc) is 2.39. The SMILES string of the molecule is N#Cc1cccc(-c2cncc(C(=O)O)c2)c1. The van der Waals surface area contributed by atoms with E-state index in [1.54, 1.807) is 24.4 Å². The second-order valence-electron chi connectivity index (χ2n) is 3.46. The molecule has 0 fully saturated rings. The van der Waals surface area contributed by atoms with Gasteiger partial charge in [0.05, 0.1) is 17.2 Å². The van der Waals surface area contributed by atoms with Crippen LogP contribution in [0.4, 0.5) is 0 Å². The Labute approximate surface area is 97.8 Å². The van der Waals surface area contributed by atoms with Gasteiger partial charge in [-0.1, -0.05) is 12.1 Å². The van der Waals surface area contributed by atoms with Crippen LogP contribution in [0.5, 0.6) is 0 Å². The number of aromatic carboxylic acids is 1. The van der Waals surface area contributed by atoms with Crippen molar-refractivity contribution in [3.8, 4) is 17.2 Å². The molecule has 2 aromatic rings. The van der Waals surface area contributed by atoms with E-state index in [0.717, 1.165) is 5.56 Å². The number of pyridine rings is 1. The standard InChI is InChI=1S/C13H8N2O2/c14-6-9-2-1-3-10(4-9)11-5-12(13(16)17)8-15-7-11/h1-5,7-8H,(H,16,17). The van der Waals surface area contributed by atoms with E-state index >= 15 is 0 Å². The summed E-state index contributed by atoms with van der Waals surface area (Å²) in [7, 11) is 0. The molecule has 0 unspecified atom stereocenters. The van der Waals surface area contributed by atoms with Gasteiger partial charge in [0, 0.05) is 18.0 Å². The molecule has 17 heavy (non-hydrogen) atoms. The van der Waals surface area contributed by atoms with Crippen LogP contribution in [-0.2, 0) is 0 Å². The molecule has 0 radical (unpaired) electrons. The molecule has 0 atom stereocenters. The van der Waals surface area contributed by atoms with Gasteiger partial charge in [0.15, 0.2) is 0 Å². The van der Waals surface area contributed by atoms with Gasteiger partial charge in [0.2, 0.25) is 0 Å². The first kappa shape index (κ1) is 10.8. The van der Waals surface area contributed by atoms with Gasteiger partial charge >= 0.3 is 5.97 Å². The maximum atomic E-state index is 10.8. The summed E-state index contributed by atoms with van der Waals surface area (Å²) >= 11 is 0. The van der Waals surface area contributed by atoms with Crippen molar-refractivity contribution >= 4 is 5.97 Å². The van der Waals surface area contributed by atoms with E-state index in [1.807, 2.05) is 12.1 Å². The van der Waals surface area contributed by atoms with Crippen LogP contribution in [0.25, 0.3) is 11.1 Å². The van der Waals surface area contributed by atoms with Crippen molar-refractivity contribution in [1.29, 1.82) is 5.26 Å². The average molecular weight is 224 g/mol. The van der Waals surface area contributed by atoms with Gasteiger partial charge in [-0.15, -0.1) is 0 Å².